The average molecular weight is 206 g/mol. The molecule has 2 rings (SSSR count). The molecule has 0 fully saturated rings. The van der Waals surface area contributed by atoms with Crippen molar-refractivity contribution in [2.24, 2.45) is 7.05 Å². The summed E-state index contributed by atoms with van der Waals surface area (Å²) in [6.45, 7) is 4.51. The second-order valence-electron chi connectivity index (χ2n) is 3.62. The molecular formula is C9H14N6. The molecule has 2 aromatic rings. The van der Waals surface area contributed by atoms with Gasteiger partial charge in [0.05, 0.1) is 23.6 Å². The molecule has 0 radical (unpaired) electrons. The third kappa shape index (κ3) is 1.70. The van der Waals surface area contributed by atoms with Crippen LogP contribution in [0.25, 0.3) is 0 Å². The van der Waals surface area contributed by atoms with Crippen molar-refractivity contribution in [1.82, 2.24) is 24.8 Å². The second-order valence-corrected chi connectivity index (χ2v) is 3.62. The number of nitrogens with two attached hydrogens (primary N) is 1. The largest absolute Gasteiger partial charge is 0.381 e. The summed E-state index contributed by atoms with van der Waals surface area (Å²) in [5.74, 6) is 0.480. The van der Waals surface area contributed by atoms with Gasteiger partial charge in [-0.2, -0.15) is 5.10 Å². The molecule has 0 aromatic carbocycles. The first-order valence-corrected chi connectivity index (χ1v) is 4.73. The average Bonchev–Trinajstić information content (AvgIpc) is 2.64. The van der Waals surface area contributed by atoms with E-state index in [2.05, 4.69) is 15.4 Å². The molecule has 0 amide bonds. The fraction of sp³-hybridized carbons (Fsp3) is 0.444. The van der Waals surface area contributed by atoms with Crippen molar-refractivity contribution in [1.29, 1.82) is 0 Å². The van der Waals surface area contributed by atoms with Gasteiger partial charge in [-0.3, -0.25) is 4.68 Å². The van der Waals surface area contributed by atoms with Gasteiger partial charge in [0.1, 0.15) is 0 Å². The molecule has 0 aliphatic heterocycles. The van der Waals surface area contributed by atoms with E-state index >= 15 is 0 Å². The number of anilines is 1. The molecule has 0 atom stereocenters. The summed E-state index contributed by atoms with van der Waals surface area (Å²) in [5, 5.41) is 12.0. The minimum atomic E-state index is 0.480. The Morgan fingerprint density at radius 3 is 2.60 bits per heavy atom. The summed E-state index contributed by atoms with van der Waals surface area (Å²) in [7, 11) is 1.91. The molecular weight excluding hydrogens is 192 g/mol. The zero-order chi connectivity index (χ0) is 11.0. The van der Waals surface area contributed by atoms with E-state index in [0.29, 0.717) is 12.4 Å². The minimum Gasteiger partial charge on any atom is -0.381 e. The van der Waals surface area contributed by atoms with Crippen molar-refractivity contribution in [2.45, 2.75) is 20.4 Å². The van der Waals surface area contributed by atoms with Crippen LogP contribution in [0.3, 0.4) is 0 Å². The smallest absolute Gasteiger partial charge is 0.168 e. The van der Waals surface area contributed by atoms with Crippen molar-refractivity contribution >= 4 is 5.82 Å². The lowest BCUT2D eigenvalue weighted by Gasteiger charge is -2.03. The van der Waals surface area contributed by atoms with E-state index in [4.69, 9.17) is 5.73 Å². The van der Waals surface area contributed by atoms with Gasteiger partial charge in [0, 0.05) is 7.05 Å². The van der Waals surface area contributed by atoms with Crippen LogP contribution >= 0.6 is 0 Å². The van der Waals surface area contributed by atoms with E-state index in [0.717, 1.165) is 17.1 Å². The van der Waals surface area contributed by atoms with Crippen LogP contribution in [0.5, 0.6) is 0 Å². The highest BCUT2D eigenvalue weighted by Crippen LogP contribution is 2.09. The standard InChI is InChI=1S/C9H14N6/c1-6-4-8(14(3)12-6)5-15-7(2)9(10)11-13-15/h4H,5,10H2,1-3H3. The maximum atomic E-state index is 5.62. The van der Waals surface area contributed by atoms with E-state index in [1.54, 1.807) is 4.68 Å². The van der Waals surface area contributed by atoms with Crippen LogP contribution in [0.1, 0.15) is 17.1 Å². The first kappa shape index (κ1) is 9.70. The van der Waals surface area contributed by atoms with Crippen molar-refractivity contribution in [2.75, 3.05) is 5.73 Å². The molecule has 0 spiro atoms. The second kappa shape index (κ2) is 3.38. The molecule has 80 valence electrons. The fourth-order valence-electron chi connectivity index (χ4n) is 1.49. The molecule has 0 aliphatic carbocycles. The Morgan fingerprint density at radius 2 is 2.13 bits per heavy atom. The number of hydrogen-bond acceptors (Lipinski definition) is 4. The van der Waals surface area contributed by atoms with Gasteiger partial charge >= 0.3 is 0 Å². The zero-order valence-corrected chi connectivity index (χ0v) is 9.10. The molecule has 2 heterocycles. The lowest BCUT2D eigenvalue weighted by atomic mass is 10.3. The van der Waals surface area contributed by atoms with Gasteiger partial charge in [0.15, 0.2) is 5.82 Å². The predicted octanol–water partition coefficient (Wildman–Crippen LogP) is 0.259. The van der Waals surface area contributed by atoms with Crippen LogP contribution in [0.4, 0.5) is 5.82 Å². The summed E-state index contributed by atoms with van der Waals surface area (Å²) in [4.78, 5) is 0. The lowest BCUT2D eigenvalue weighted by Crippen LogP contribution is -2.08. The summed E-state index contributed by atoms with van der Waals surface area (Å²) in [5.41, 5.74) is 8.59. The number of aryl methyl sites for hydroxylation is 2. The predicted molar refractivity (Wildman–Crippen MR) is 56.2 cm³/mol. The molecule has 2 aromatic heterocycles. The molecule has 6 heteroatoms. The summed E-state index contributed by atoms with van der Waals surface area (Å²) >= 11 is 0. The number of aromatic nitrogens is 5. The van der Waals surface area contributed by atoms with Crippen LogP contribution < -0.4 is 5.73 Å². The highest BCUT2D eigenvalue weighted by atomic mass is 15.4. The van der Waals surface area contributed by atoms with E-state index in [-0.39, 0.29) is 0 Å². The molecule has 2 N–H and O–H groups in total. The van der Waals surface area contributed by atoms with Crippen LogP contribution in [0.2, 0.25) is 0 Å². The molecule has 0 saturated heterocycles. The summed E-state index contributed by atoms with van der Waals surface area (Å²) in [6.07, 6.45) is 0. The topological polar surface area (TPSA) is 74.6 Å². The Hall–Kier alpha value is -1.85. The van der Waals surface area contributed by atoms with Crippen LogP contribution in [-0.2, 0) is 13.6 Å². The third-order valence-corrected chi connectivity index (χ3v) is 2.43. The van der Waals surface area contributed by atoms with E-state index in [9.17, 15) is 0 Å². The van der Waals surface area contributed by atoms with Gasteiger partial charge in [-0.25, -0.2) is 4.68 Å². The quantitative estimate of drug-likeness (QED) is 0.764. The van der Waals surface area contributed by atoms with Crippen LogP contribution in [-0.4, -0.2) is 24.8 Å². The maximum absolute atomic E-state index is 5.62. The highest BCUT2D eigenvalue weighted by molar-refractivity contribution is 5.31. The molecule has 0 saturated carbocycles. The van der Waals surface area contributed by atoms with Gasteiger partial charge in [-0.15, -0.1) is 5.10 Å². The first-order valence-electron chi connectivity index (χ1n) is 4.73. The number of nitrogen functional groups attached to an aromatic ring is 1. The van der Waals surface area contributed by atoms with Gasteiger partial charge in [0.25, 0.3) is 0 Å². The molecule has 0 bridgehead atoms. The normalized spacial score (nSPS) is 10.9. The van der Waals surface area contributed by atoms with Crippen molar-refractivity contribution in [3.8, 4) is 0 Å². The third-order valence-electron chi connectivity index (χ3n) is 2.43. The summed E-state index contributed by atoms with van der Waals surface area (Å²) in [6, 6.07) is 2.03. The van der Waals surface area contributed by atoms with Gasteiger partial charge < -0.3 is 5.73 Å². The molecule has 0 unspecified atom stereocenters. The molecule has 6 nitrogen and oxygen atoms in total. The van der Waals surface area contributed by atoms with Crippen molar-refractivity contribution < 1.29 is 0 Å². The van der Waals surface area contributed by atoms with E-state index in [1.807, 2.05) is 31.6 Å². The number of hydrogen-bond donors (Lipinski definition) is 1. The van der Waals surface area contributed by atoms with Crippen LogP contribution in [0, 0.1) is 13.8 Å². The SMILES string of the molecule is Cc1cc(Cn2nnc(N)c2C)n(C)n1. The van der Waals surface area contributed by atoms with Gasteiger partial charge in [-0.1, -0.05) is 5.21 Å². The number of nitrogens with zero attached hydrogens (tertiary/aromatic N) is 5. The Bertz CT molecular complexity index is 481. The van der Waals surface area contributed by atoms with E-state index < -0.39 is 0 Å². The fourth-order valence-corrected chi connectivity index (χ4v) is 1.49. The van der Waals surface area contributed by atoms with E-state index in [1.165, 1.54) is 0 Å². The van der Waals surface area contributed by atoms with Crippen molar-refractivity contribution in [3.63, 3.8) is 0 Å². The Balaban J connectivity index is 2.29. The monoisotopic (exact) mass is 206 g/mol. The summed E-state index contributed by atoms with van der Waals surface area (Å²) < 4.78 is 3.61. The Labute approximate surface area is 87.7 Å². The lowest BCUT2D eigenvalue weighted by molar-refractivity contribution is 0.588. The first-order chi connectivity index (χ1) is 7.08. The van der Waals surface area contributed by atoms with Gasteiger partial charge in [-0.05, 0) is 19.9 Å². The highest BCUT2D eigenvalue weighted by Gasteiger charge is 2.08. The molecule has 15 heavy (non-hydrogen) atoms. The Kier molecular flexibility index (Phi) is 2.18. The number of rotatable bonds is 2. The molecule has 0 aliphatic rings. The van der Waals surface area contributed by atoms with Crippen molar-refractivity contribution in [3.05, 3.63) is 23.1 Å². The van der Waals surface area contributed by atoms with Gasteiger partial charge in [0.2, 0.25) is 0 Å². The van der Waals surface area contributed by atoms with Crippen LogP contribution in [0.15, 0.2) is 6.07 Å². The maximum Gasteiger partial charge on any atom is 0.168 e. The minimum absolute atomic E-state index is 0.480. The Morgan fingerprint density at radius 1 is 1.40 bits per heavy atom. The zero-order valence-electron chi connectivity index (χ0n) is 9.10.